The Morgan fingerprint density at radius 2 is 2.40 bits per heavy atom. The second kappa shape index (κ2) is 5.46. The molecule has 15 heavy (non-hydrogen) atoms. The summed E-state index contributed by atoms with van der Waals surface area (Å²) in [7, 11) is 0. The van der Waals surface area contributed by atoms with Crippen LogP contribution < -0.4 is 5.32 Å². The third-order valence-electron chi connectivity index (χ3n) is 2.24. The number of carbonyl (C=O) groups is 1. The van der Waals surface area contributed by atoms with Gasteiger partial charge in [-0.25, -0.2) is 0 Å². The van der Waals surface area contributed by atoms with Crippen LogP contribution in [0.25, 0.3) is 0 Å². The third-order valence-corrected chi connectivity index (χ3v) is 2.24. The average molecular weight is 208 g/mol. The summed E-state index contributed by atoms with van der Waals surface area (Å²) in [6, 6.07) is 1.16. The SMILES string of the molecule is CCCNC(C(=O)O)c1cnccc1C. The van der Waals surface area contributed by atoms with E-state index in [-0.39, 0.29) is 0 Å². The van der Waals surface area contributed by atoms with Gasteiger partial charge in [-0.1, -0.05) is 6.92 Å². The Kier molecular flexibility index (Phi) is 4.24. The van der Waals surface area contributed by atoms with Crippen LogP contribution in [0.5, 0.6) is 0 Å². The van der Waals surface area contributed by atoms with Gasteiger partial charge in [0.15, 0.2) is 0 Å². The number of carboxylic acid groups (broad SMARTS) is 1. The van der Waals surface area contributed by atoms with Gasteiger partial charge >= 0.3 is 5.97 Å². The normalized spacial score (nSPS) is 12.4. The van der Waals surface area contributed by atoms with Crippen molar-refractivity contribution in [1.29, 1.82) is 0 Å². The zero-order chi connectivity index (χ0) is 11.3. The van der Waals surface area contributed by atoms with E-state index in [2.05, 4.69) is 10.3 Å². The molecule has 0 aliphatic carbocycles. The van der Waals surface area contributed by atoms with Crippen molar-refractivity contribution in [2.75, 3.05) is 6.54 Å². The van der Waals surface area contributed by atoms with Crippen molar-refractivity contribution in [2.45, 2.75) is 26.3 Å². The molecule has 1 unspecified atom stereocenters. The predicted molar refractivity (Wildman–Crippen MR) is 57.6 cm³/mol. The second-order valence-electron chi connectivity index (χ2n) is 3.46. The van der Waals surface area contributed by atoms with Crippen molar-refractivity contribution >= 4 is 5.97 Å². The van der Waals surface area contributed by atoms with Gasteiger partial charge in [0.25, 0.3) is 0 Å². The van der Waals surface area contributed by atoms with E-state index in [0.717, 1.165) is 17.5 Å². The zero-order valence-corrected chi connectivity index (χ0v) is 9.03. The molecule has 1 aromatic rings. The topological polar surface area (TPSA) is 62.2 Å². The summed E-state index contributed by atoms with van der Waals surface area (Å²) in [4.78, 5) is 15.0. The first kappa shape index (κ1) is 11.7. The molecule has 0 aliphatic heterocycles. The molecule has 0 saturated carbocycles. The van der Waals surface area contributed by atoms with Gasteiger partial charge < -0.3 is 10.4 Å². The van der Waals surface area contributed by atoms with Crippen LogP contribution in [0.2, 0.25) is 0 Å². The lowest BCUT2D eigenvalue weighted by Crippen LogP contribution is -2.29. The molecule has 0 spiro atoms. The van der Waals surface area contributed by atoms with Crippen LogP contribution >= 0.6 is 0 Å². The molecule has 0 aliphatic rings. The fourth-order valence-corrected chi connectivity index (χ4v) is 1.40. The number of aliphatic carboxylic acids is 1. The summed E-state index contributed by atoms with van der Waals surface area (Å²) in [5, 5.41) is 12.1. The van der Waals surface area contributed by atoms with Gasteiger partial charge in [0.05, 0.1) is 0 Å². The molecule has 0 fully saturated rings. The van der Waals surface area contributed by atoms with E-state index in [4.69, 9.17) is 5.11 Å². The number of hydrogen-bond acceptors (Lipinski definition) is 3. The first-order valence-corrected chi connectivity index (χ1v) is 5.03. The van der Waals surface area contributed by atoms with E-state index in [1.165, 1.54) is 0 Å². The number of nitrogens with zero attached hydrogens (tertiary/aromatic N) is 1. The molecule has 82 valence electrons. The lowest BCUT2D eigenvalue weighted by Gasteiger charge is -2.15. The first-order chi connectivity index (χ1) is 7.16. The first-order valence-electron chi connectivity index (χ1n) is 5.03. The quantitative estimate of drug-likeness (QED) is 0.770. The highest BCUT2D eigenvalue weighted by atomic mass is 16.4. The van der Waals surface area contributed by atoms with Crippen LogP contribution in [-0.4, -0.2) is 22.6 Å². The van der Waals surface area contributed by atoms with E-state index in [9.17, 15) is 4.79 Å². The molecule has 1 atom stereocenters. The van der Waals surface area contributed by atoms with Gasteiger partial charge in [-0.15, -0.1) is 0 Å². The van der Waals surface area contributed by atoms with E-state index in [0.29, 0.717) is 6.54 Å². The molecule has 0 amide bonds. The zero-order valence-electron chi connectivity index (χ0n) is 9.03. The second-order valence-corrected chi connectivity index (χ2v) is 3.46. The summed E-state index contributed by atoms with van der Waals surface area (Å²) in [5.74, 6) is -0.862. The molecule has 4 heteroatoms. The number of nitrogens with one attached hydrogen (secondary N) is 1. The lowest BCUT2D eigenvalue weighted by atomic mass is 10.0. The van der Waals surface area contributed by atoms with Crippen molar-refractivity contribution < 1.29 is 9.90 Å². The molecule has 2 N–H and O–H groups in total. The molecule has 0 aromatic carbocycles. The van der Waals surface area contributed by atoms with Crippen LogP contribution in [0.15, 0.2) is 18.5 Å². The van der Waals surface area contributed by atoms with Crippen LogP contribution in [0.1, 0.15) is 30.5 Å². The molecule has 1 aromatic heterocycles. The predicted octanol–water partition coefficient (Wildman–Crippen LogP) is 1.52. The maximum Gasteiger partial charge on any atom is 0.325 e. The van der Waals surface area contributed by atoms with Crippen LogP contribution in [0.3, 0.4) is 0 Å². The molecule has 0 saturated heterocycles. The van der Waals surface area contributed by atoms with Gasteiger partial charge in [0.2, 0.25) is 0 Å². The highest BCUT2D eigenvalue weighted by Crippen LogP contribution is 2.16. The van der Waals surface area contributed by atoms with Crippen molar-refractivity contribution in [3.63, 3.8) is 0 Å². The van der Waals surface area contributed by atoms with Crippen LogP contribution in [-0.2, 0) is 4.79 Å². The molecule has 4 nitrogen and oxygen atoms in total. The van der Waals surface area contributed by atoms with Crippen molar-refractivity contribution in [2.24, 2.45) is 0 Å². The van der Waals surface area contributed by atoms with Gasteiger partial charge in [0, 0.05) is 18.0 Å². The van der Waals surface area contributed by atoms with Gasteiger partial charge in [-0.2, -0.15) is 0 Å². The fourth-order valence-electron chi connectivity index (χ4n) is 1.40. The number of hydrogen-bond donors (Lipinski definition) is 2. The average Bonchev–Trinajstić information content (AvgIpc) is 2.20. The van der Waals surface area contributed by atoms with E-state index < -0.39 is 12.0 Å². The minimum Gasteiger partial charge on any atom is -0.480 e. The Morgan fingerprint density at radius 1 is 1.67 bits per heavy atom. The maximum absolute atomic E-state index is 11.1. The Morgan fingerprint density at radius 3 is 2.93 bits per heavy atom. The van der Waals surface area contributed by atoms with Crippen molar-refractivity contribution in [1.82, 2.24) is 10.3 Å². The standard InChI is InChI=1S/C11H16N2O2/c1-3-5-13-10(11(14)15)9-7-12-6-4-8(9)2/h4,6-7,10,13H,3,5H2,1-2H3,(H,14,15). The largest absolute Gasteiger partial charge is 0.480 e. The van der Waals surface area contributed by atoms with Crippen LogP contribution in [0.4, 0.5) is 0 Å². The molecular formula is C11H16N2O2. The summed E-state index contributed by atoms with van der Waals surface area (Å²) in [6.45, 7) is 4.58. The molecular weight excluding hydrogens is 192 g/mol. The number of pyridine rings is 1. The van der Waals surface area contributed by atoms with E-state index in [1.54, 1.807) is 12.4 Å². The third kappa shape index (κ3) is 3.02. The summed E-state index contributed by atoms with van der Waals surface area (Å²) < 4.78 is 0. The van der Waals surface area contributed by atoms with Gasteiger partial charge in [-0.05, 0) is 31.5 Å². The molecule has 1 rings (SSSR count). The Labute approximate surface area is 89.3 Å². The minimum absolute atomic E-state index is 0.654. The Hall–Kier alpha value is -1.42. The highest BCUT2D eigenvalue weighted by molar-refractivity contribution is 5.75. The number of rotatable bonds is 5. The minimum atomic E-state index is -0.862. The van der Waals surface area contributed by atoms with Gasteiger partial charge in [0.1, 0.15) is 6.04 Å². The maximum atomic E-state index is 11.1. The monoisotopic (exact) mass is 208 g/mol. The molecule has 0 radical (unpaired) electrons. The molecule has 1 heterocycles. The molecule has 0 bridgehead atoms. The fraction of sp³-hybridized carbons (Fsp3) is 0.455. The number of aromatic nitrogens is 1. The summed E-state index contributed by atoms with van der Waals surface area (Å²) in [5.41, 5.74) is 1.68. The smallest absolute Gasteiger partial charge is 0.325 e. The lowest BCUT2D eigenvalue weighted by molar-refractivity contribution is -0.139. The summed E-state index contributed by atoms with van der Waals surface area (Å²) in [6.07, 6.45) is 4.18. The van der Waals surface area contributed by atoms with E-state index in [1.807, 2.05) is 19.9 Å². The van der Waals surface area contributed by atoms with Crippen molar-refractivity contribution in [3.8, 4) is 0 Å². The highest BCUT2D eigenvalue weighted by Gasteiger charge is 2.20. The van der Waals surface area contributed by atoms with Gasteiger partial charge in [-0.3, -0.25) is 9.78 Å². The number of carboxylic acids is 1. The summed E-state index contributed by atoms with van der Waals surface area (Å²) >= 11 is 0. The Bertz CT molecular complexity index is 339. The van der Waals surface area contributed by atoms with Crippen LogP contribution in [0, 0.1) is 6.92 Å². The number of aryl methyl sites for hydroxylation is 1. The van der Waals surface area contributed by atoms with E-state index >= 15 is 0 Å². The van der Waals surface area contributed by atoms with Crippen molar-refractivity contribution in [3.05, 3.63) is 29.6 Å². The Balaban J connectivity index is 2.89.